The summed E-state index contributed by atoms with van der Waals surface area (Å²) in [6.07, 6.45) is 9.42. The molecule has 3 heteroatoms. The first-order chi connectivity index (χ1) is 14.0. The van der Waals surface area contributed by atoms with Crippen LogP contribution in [0.15, 0.2) is 55.0 Å². The van der Waals surface area contributed by atoms with E-state index in [1.54, 1.807) is 12.3 Å². The molecule has 3 nitrogen and oxygen atoms in total. The van der Waals surface area contributed by atoms with Crippen molar-refractivity contribution in [1.29, 1.82) is 0 Å². The van der Waals surface area contributed by atoms with E-state index in [1.165, 1.54) is 16.7 Å². The summed E-state index contributed by atoms with van der Waals surface area (Å²) in [7, 11) is 0. The number of aliphatic hydroxyl groups excluding tert-OH is 1. The minimum absolute atomic E-state index is 0.00750. The second-order valence-corrected chi connectivity index (χ2v) is 9.29. The van der Waals surface area contributed by atoms with Gasteiger partial charge in [-0.05, 0) is 52.9 Å². The van der Waals surface area contributed by atoms with Gasteiger partial charge in [-0.2, -0.15) is 0 Å². The van der Waals surface area contributed by atoms with E-state index < -0.39 is 0 Å². The van der Waals surface area contributed by atoms with Gasteiger partial charge >= 0.3 is 0 Å². The van der Waals surface area contributed by atoms with Gasteiger partial charge in [0.25, 0.3) is 0 Å². The van der Waals surface area contributed by atoms with E-state index in [2.05, 4.69) is 70.5 Å². The van der Waals surface area contributed by atoms with Crippen LogP contribution in [0, 0.1) is 6.92 Å². The highest BCUT2D eigenvalue weighted by Crippen LogP contribution is 2.43. The molecule has 1 aromatic carbocycles. The molecular weight excluding hydrogens is 370 g/mol. The van der Waals surface area contributed by atoms with Crippen LogP contribution in [0.2, 0.25) is 0 Å². The van der Waals surface area contributed by atoms with Crippen molar-refractivity contribution >= 4 is 17.9 Å². The molecule has 0 bridgehead atoms. The molecule has 156 valence electrons. The molecule has 0 fully saturated rings. The van der Waals surface area contributed by atoms with E-state index in [1.807, 2.05) is 12.1 Å². The van der Waals surface area contributed by atoms with Gasteiger partial charge < -0.3 is 9.90 Å². The molecule has 1 heterocycles. The third-order valence-corrected chi connectivity index (χ3v) is 5.94. The van der Waals surface area contributed by atoms with Crippen molar-refractivity contribution in [2.75, 3.05) is 0 Å². The number of pyridine rings is 1. The number of hydrogen-bond donors (Lipinski definition) is 1. The highest BCUT2D eigenvalue weighted by molar-refractivity contribution is 5.79. The standard InChI is InChI=1S/C27H31NO2/c1-18-14-23-24(27(5,6)12-11-26(23,3)4)16-22(18)19(2)25-10-9-20(17-28-25)15-21(30)8-7-13-29/h9-17,30H,2,7-8H2,1,3-6H3/b21-15-. The van der Waals surface area contributed by atoms with Gasteiger partial charge in [0.15, 0.2) is 0 Å². The Morgan fingerprint density at radius 2 is 1.73 bits per heavy atom. The normalized spacial score (nSPS) is 16.8. The summed E-state index contributed by atoms with van der Waals surface area (Å²) in [5.41, 5.74) is 7.46. The van der Waals surface area contributed by atoms with Crippen molar-refractivity contribution in [2.24, 2.45) is 0 Å². The highest BCUT2D eigenvalue weighted by atomic mass is 16.3. The second-order valence-electron chi connectivity index (χ2n) is 9.29. The molecule has 1 aromatic heterocycles. The Labute approximate surface area is 179 Å². The number of aryl methyl sites for hydroxylation is 1. The topological polar surface area (TPSA) is 50.2 Å². The number of nitrogens with zero attached hydrogens (tertiary/aromatic N) is 1. The lowest BCUT2D eigenvalue weighted by Crippen LogP contribution is -2.29. The fraction of sp³-hybridized carbons (Fsp3) is 0.333. The SMILES string of the molecule is C=C(c1ccc(/C=C(\O)CCC=O)cn1)c1cc2c(cc1C)C(C)(C)C=CC2(C)C. The molecule has 0 unspecified atom stereocenters. The number of aliphatic hydroxyl groups is 1. The van der Waals surface area contributed by atoms with Gasteiger partial charge in [-0.3, -0.25) is 4.98 Å². The first-order valence-electron chi connectivity index (χ1n) is 10.4. The number of aldehydes is 1. The first-order valence-corrected chi connectivity index (χ1v) is 10.4. The number of aromatic nitrogens is 1. The molecule has 1 aliphatic carbocycles. The summed E-state index contributed by atoms with van der Waals surface area (Å²) >= 11 is 0. The van der Waals surface area contributed by atoms with Gasteiger partial charge in [-0.15, -0.1) is 0 Å². The van der Waals surface area contributed by atoms with Crippen molar-refractivity contribution in [3.63, 3.8) is 0 Å². The van der Waals surface area contributed by atoms with Gasteiger partial charge in [-0.1, -0.05) is 58.6 Å². The first kappa shape index (κ1) is 21.8. The van der Waals surface area contributed by atoms with E-state index in [9.17, 15) is 9.90 Å². The van der Waals surface area contributed by atoms with E-state index >= 15 is 0 Å². The van der Waals surface area contributed by atoms with Crippen LogP contribution in [0.3, 0.4) is 0 Å². The summed E-state index contributed by atoms with van der Waals surface area (Å²) in [6, 6.07) is 8.41. The predicted molar refractivity (Wildman–Crippen MR) is 125 cm³/mol. The van der Waals surface area contributed by atoms with Crippen LogP contribution < -0.4 is 0 Å². The molecule has 0 atom stereocenters. The molecule has 0 saturated carbocycles. The van der Waals surface area contributed by atoms with E-state index in [-0.39, 0.29) is 16.6 Å². The second kappa shape index (κ2) is 8.06. The van der Waals surface area contributed by atoms with Gasteiger partial charge in [-0.25, -0.2) is 0 Å². The summed E-state index contributed by atoms with van der Waals surface area (Å²) < 4.78 is 0. The number of hydrogen-bond acceptors (Lipinski definition) is 3. The van der Waals surface area contributed by atoms with Crippen LogP contribution in [-0.2, 0) is 15.6 Å². The van der Waals surface area contributed by atoms with E-state index in [4.69, 9.17) is 0 Å². The largest absolute Gasteiger partial charge is 0.512 e. The number of carbonyl (C=O) groups excluding carboxylic acids is 1. The number of allylic oxidation sites excluding steroid dienone is 3. The van der Waals surface area contributed by atoms with Crippen LogP contribution in [0.1, 0.15) is 74.0 Å². The maximum absolute atomic E-state index is 10.4. The lowest BCUT2D eigenvalue weighted by atomic mass is 9.67. The molecule has 0 radical (unpaired) electrons. The molecule has 0 spiro atoms. The average Bonchev–Trinajstić information content (AvgIpc) is 2.70. The Hall–Kier alpha value is -2.94. The minimum Gasteiger partial charge on any atom is -0.512 e. The number of fused-ring (bicyclic) bond motifs is 1. The van der Waals surface area contributed by atoms with Crippen LogP contribution in [-0.4, -0.2) is 16.4 Å². The van der Waals surface area contributed by atoms with Gasteiger partial charge in [0, 0.05) is 35.4 Å². The summed E-state index contributed by atoms with van der Waals surface area (Å²) in [6.45, 7) is 15.5. The Bertz CT molecular complexity index is 1040. The fourth-order valence-electron chi connectivity index (χ4n) is 3.97. The van der Waals surface area contributed by atoms with Gasteiger partial charge in [0.05, 0.1) is 11.5 Å². The Morgan fingerprint density at radius 3 is 2.30 bits per heavy atom. The molecule has 2 aromatic rings. The highest BCUT2D eigenvalue weighted by Gasteiger charge is 2.33. The fourth-order valence-corrected chi connectivity index (χ4v) is 3.97. The van der Waals surface area contributed by atoms with E-state index in [0.29, 0.717) is 12.8 Å². The third-order valence-electron chi connectivity index (χ3n) is 5.94. The average molecular weight is 402 g/mol. The smallest absolute Gasteiger partial charge is 0.120 e. The maximum Gasteiger partial charge on any atom is 0.120 e. The molecule has 0 aliphatic heterocycles. The Balaban J connectivity index is 1.94. The minimum atomic E-state index is -0.0330. The zero-order valence-electron chi connectivity index (χ0n) is 18.6. The van der Waals surface area contributed by atoms with Crippen LogP contribution >= 0.6 is 0 Å². The molecule has 1 N–H and O–H groups in total. The van der Waals surface area contributed by atoms with Crippen molar-refractivity contribution < 1.29 is 9.90 Å². The van der Waals surface area contributed by atoms with Gasteiger partial charge in [0.1, 0.15) is 6.29 Å². The molecule has 0 saturated heterocycles. The van der Waals surface area contributed by atoms with Crippen molar-refractivity contribution in [1.82, 2.24) is 4.98 Å². The maximum atomic E-state index is 10.4. The number of benzene rings is 1. The monoisotopic (exact) mass is 401 g/mol. The molecule has 3 rings (SSSR count). The molecular formula is C27H31NO2. The van der Waals surface area contributed by atoms with E-state index in [0.717, 1.165) is 28.7 Å². The summed E-state index contributed by atoms with van der Waals surface area (Å²) in [5.74, 6) is 0.180. The van der Waals surface area contributed by atoms with Crippen LogP contribution in [0.25, 0.3) is 11.6 Å². The van der Waals surface area contributed by atoms with Crippen molar-refractivity contribution in [2.45, 2.75) is 58.3 Å². The molecule has 30 heavy (non-hydrogen) atoms. The van der Waals surface area contributed by atoms with Crippen LogP contribution in [0.4, 0.5) is 0 Å². The number of rotatable bonds is 6. The summed E-state index contributed by atoms with van der Waals surface area (Å²) in [4.78, 5) is 15.0. The third kappa shape index (κ3) is 4.30. The molecule has 0 amide bonds. The summed E-state index contributed by atoms with van der Waals surface area (Å²) in [5, 5.41) is 9.88. The number of carbonyl (C=O) groups is 1. The zero-order valence-corrected chi connectivity index (χ0v) is 18.6. The lowest BCUT2D eigenvalue weighted by molar-refractivity contribution is -0.107. The molecule has 1 aliphatic rings. The lowest BCUT2D eigenvalue weighted by Gasteiger charge is -2.37. The predicted octanol–water partition coefficient (Wildman–Crippen LogP) is 6.45. The Kier molecular flexibility index (Phi) is 5.85. The van der Waals surface area contributed by atoms with Crippen molar-refractivity contribution in [3.8, 4) is 0 Å². The van der Waals surface area contributed by atoms with Gasteiger partial charge in [0.2, 0.25) is 0 Å². The quantitative estimate of drug-likeness (QED) is 0.343. The Morgan fingerprint density at radius 1 is 1.10 bits per heavy atom. The van der Waals surface area contributed by atoms with Crippen LogP contribution in [0.5, 0.6) is 0 Å². The zero-order chi connectivity index (χ0) is 22.1. The van der Waals surface area contributed by atoms with Crippen molar-refractivity contribution in [3.05, 3.63) is 88.5 Å².